The molecule has 0 unspecified atom stereocenters. The zero-order valence-electron chi connectivity index (χ0n) is 9.66. The summed E-state index contributed by atoms with van der Waals surface area (Å²) in [4.78, 5) is 0. The highest BCUT2D eigenvalue weighted by molar-refractivity contribution is 6.17. The maximum Gasteiger partial charge on any atom is 0.167 e. The van der Waals surface area contributed by atoms with Crippen LogP contribution in [0.2, 0.25) is 0 Å². The molecule has 0 spiro atoms. The van der Waals surface area contributed by atoms with Crippen LogP contribution in [0.5, 0.6) is 11.5 Å². The van der Waals surface area contributed by atoms with Crippen molar-refractivity contribution < 1.29 is 13.5 Å². The normalized spacial score (nSPS) is 10.0. The number of halogens is 3. The first-order chi connectivity index (χ1) is 9.13. The van der Waals surface area contributed by atoms with Crippen LogP contribution in [0.4, 0.5) is 8.78 Å². The van der Waals surface area contributed by atoms with Gasteiger partial charge in [-0.25, -0.2) is 8.78 Å². The van der Waals surface area contributed by atoms with E-state index in [0.29, 0.717) is 5.56 Å². The van der Waals surface area contributed by atoms with Crippen LogP contribution in [-0.4, -0.2) is 0 Å². The van der Waals surface area contributed by atoms with Gasteiger partial charge in [0.25, 0.3) is 0 Å². The van der Waals surface area contributed by atoms with Gasteiger partial charge in [-0.3, -0.25) is 0 Å². The van der Waals surface area contributed by atoms with Gasteiger partial charge in [0.05, 0.1) is 11.6 Å². The molecule has 5 heteroatoms. The molecule has 0 amide bonds. The highest BCUT2D eigenvalue weighted by Crippen LogP contribution is 2.28. The fourth-order valence-electron chi connectivity index (χ4n) is 1.48. The number of nitrogens with zero attached hydrogens (tertiary/aromatic N) is 1. The van der Waals surface area contributed by atoms with Crippen molar-refractivity contribution in [1.29, 1.82) is 5.26 Å². The van der Waals surface area contributed by atoms with Crippen LogP contribution in [0, 0.1) is 23.0 Å². The summed E-state index contributed by atoms with van der Waals surface area (Å²) < 4.78 is 32.4. The average Bonchev–Trinajstić information content (AvgIpc) is 2.42. The third kappa shape index (κ3) is 3.01. The Bertz CT molecular complexity index is 652. The Hall–Kier alpha value is -2.12. The standard InChI is InChI=1S/C14H8ClF2NO/c15-7-9-1-3-13(11(16)5-9)19-14-4-2-10(8-18)6-12(14)17/h1-6H,7H2. The lowest BCUT2D eigenvalue weighted by Gasteiger charge is -2.08. The van der Waals surface area contributed by atoms with E-state index in [1.165, 1.54) is 24.3 Å². The summed E-state index contributed by atoms with van der Waals surface area (Å²) in [5, 5.41) is 8.61. The Labute approximate surface area is 113 Å². The lowest BCUT2D eigenvalue weighted by molar-refractivity contribution is 0.414. The first kappa shape index (κ1) is 13.3. The van der Waals surface area contributed by atoms with Gasteiger partial charge in [0.2, 0.25) is 0 Å². The summed E-state index contributed by atoms with van der Waals surface area (Å²) in [7, 11) is 0. The van der Waals surface area contributed by atoms with E-state index in [-0.39, 0.29) is 22.9 Å². The van der Waals surface area contributed by atoms with Crippen LogP contribution in [0.15, 0.2) is 36.4 Å². The second-order valence-corrected chi connectivity index (χ2v) is 4.02. The van der Waals surface area contributed by atoms with Crippen molar-refractivity contribution in [3.8, 4) is 17.6 Å². The van der Waals surface area contributed by atoms with Crippen LogP contribution >= 0.6 is 11.6 Å². The lowest BCUT2D eigenvalue weighted by atomic mass is 10.2. The summed E-state index contributed by atoms with van der Waals surface area (Å²) in [6, 6.07) is 9.70. The van der Waals surface area contributed by atoms with Gasteiger partial charge in [-0.15, -0.1) is 11.6 Å². The fourth-order valence-corrected chi connectivity index (χ4v) is 1.65. The summed E-state index contributed by atoms with van der Waals surface area (Å²) in [5.41, 5.74) is 0.773. The van der Waals surface area contributed by atoms with E-state index >= 15 is 0 Å². The minimum absolute atomic E-state index is 0.0996. The number of alkyl halides is 1. The molecule has 0 aliphatic rings. The lowest BCUT2D eigenvalue weighted by Crippen LogP contribution is -1.93. The Kier molecular flexibility index (Phi) is 3.98. The predicted molar refractivity (Wildman–Crippen MR) is 67.1 cm³/mol. The molecule has 19 heavy (non-hydrogen) atoms. The van der Waals surface area contributed by atoms with Gasteiger partial charge in [0.15, 0.2) is 23.1 Å². The molecule has 2 nitrogen and oxygen atoms in total. The van der Waals surface area contributed by atoms with E-state index in [1.54, 1.807) is 12.1 Å². The van der Waals surface area contributed by atoms with Gasteiger partial charge >= 0.3 is 0 Å². The molecular formula is C14H8ClF2NO. The molecular weight excluding hydrogens is 272 g/mol. The number of ether oxygens (including phenoxy) is 1. The molecule has 0 saturated carbocycles. The second-order valence-electron chi connectivity index (χ2n) is 3.76. The minimum atomic E-state index is -0.722. The Balaban J connectivity index is 2.29. The molecule has 0 saturated heterocycles. The number of nitriles is 1. The molecule has 0 bridgehead atoms. The maximum absolute atomic E-state index is 13.6. The van der Waals surface area contributed by atoms with Crippen molar-refractivity contribution in [2.24, 2.45) is 0 Å². The van der Waals surface area contributed by atoms with E-state index in [0.717, 1.165) is 6.07 Å². The van der Waals surface area contributed by atoms with Crippen LogP contribution in [0.1, 0.15) is 11.1 Å². The van der Waals surface area contributed by atoms with Crippen LogP contribution in [0.25, 0.3) is 0 Å². The van der Waals surface area contributed by atoms with Crippen molar-refractivity contribution in [2.45, 2.75) is 5.88 Å². The molecule has 0 radical (unpaired) electrons. The zero-order valence-corrected chi connectivity index (χ0v) is 10.4. The summed E-state index contributed by atoms with van der Waals surface area (Å²) in [6.07, 6.45) is 0. The summed E-state index contributed by atoms with van der Waals surface area (Å²) >= 11 is 5.57. The number of hydrogen-bond acceptors (Lipinski definition) is 2. The second kappa shape index (κ2) is 5.68. The number of benzene rings is 2. The molecule has 2 rings (SSSR count). The van der Waals surface area contributed by atoms with Crippen molar-refractivity contribution in [3.63, 3.8) is 0 Å². The van der Waals surface area contributed by atoms with Crippen molar-refractivity contribution in [3.05, 3.63) is 59.2 Å². The Morgan fingerprint density at radius 1 is 1.05 bits per heavy atom. The predicted octanol–water partition coefficient (Wildman–Crippen LogP) is 4.37. The van der Waals surface area contributed by atoms with Gasteiger partial charge < -0.3 is 4.74 Å². The van der Waals surface area contributed by atoms with Crippen molar-refractivity contribution in [2.75, 3.05) is 0 Å². The molecule has 0 N–H and O–H groups in total. The van der Waals surface area contributed by atoms with E-state index in [2.05, 4.69) is 0 Å². The third-order valence-electron chi connectivity index (χ3n) is 2.43. The summed E-state index contributed by atoms with van der Waals surface area (Å²) in [5.74, 6) is -1.40. The number of hydrogen-bond donors (Lipinski definition) is 0. The quantitative estimate of drug-likeness (QED) is 0.782. The Morgan fingerprint density at radius 3 is 2.21 bits per heavy atom. The number of rotatable bonds is 3. The largest absolute Gasteiger partial charge is 0.451 e. The highest BCUT2D eigenvalue weighted by atomic mass is 35.5. The molecule has 0 aliphatic heterocycles. The van der Waals surface area contributed by atoms with Crippen molar-refractivity contribution in [1.82, 2.24) is 0 Å². The summed E-state index contributed by atoms with van der Waals surface area (Å²) in [6.45, 7) is 0. The van der Waals surface area contributed by atoms with Gasteiger partial charge in [-0.2, -0.15) is 5.26 Å². The molecule has 0 heterocycles. The van der Waals surface area contributed by atoms with E-state index in [1.807, 2.05) is 0 Å². The molecule has 0 atom stereocenters. The van der Waals surface area contributed by atoms with E-state index < -0.39 is 11.6 Å². The third-order valence-corrected chi connectivity index (χ3v) is 2.74. The van der Waals surface area contributed by atoms with E-state index in [4.69, 9.17) is 21.6 Å². The molecule has 2 aromatic carbocycles. The van der Waals surface area contributed by atoms with E-state index in [9.17, 15) is 8.78 Å². The SMILES string of the molecule is N#Cc1ccc(Oc2ccc(CCl)cc2F)c(F)c1. The first-order valence-corrected chi connectivity index (χ1v) is 5.89. The van der Waals surface area contributed by atoms with Gasteiger partial charge in [-0.05, 0) is 35.9 Å². The monoisotopic (exact) mass is 279 g/mol. The molecule has 2 aromatic rings. The van der Waals surface area contributed by atoms with Crippen molar-refractivity contribution >= 4 is 11.6 Å². The topological polar surface area (TPSA) is 33.0 Å². The molecule has 0 fully saturated rings. The average molecular weight is 280 g/mol. The Morgan fingerprint density at radius 2 is 1.68 bits per heavy atom. The van der Waals surface area contributed by atoms with Gasteiger partial charge in [0.1, 0.15) is 0 Å². The van der Waals surface area contributed by atoms with Crippen LogP contribution in [0.3, 0.4) is 0 Å². The smallest absolute Gasteiger partial charge is 0.167 e. The minimum Gasteiger partial charge on any atom is -0.451 e. The molecule has 0 aliphatic carbocycles. The zero-order chi connectivity index (χ0) is 13.8. The van der Waals surface area contributed by atoms with Crippen LogP contribution < -0.4 is 4.74 Å². The van der Waals surface area contributed by atoms with Gasteiger partial charge in [-0.1, -0.05) is 6.07 Å². The molecule has 96 valence electrons. The fraction of sp³-hybridized carbons (Fsp3) is 0.0714. The first-order valence-electron chi connectivity index (χ1n) is 5.36. The maximum atomic E-state index is 13.6. The van der Waals surface area contributed by atoms with Gasteiger partial charge in [0, 0.05) is 5.88 Å². The van der Waals surface area contributed by atoms with Crippen LogP contribution in [-0.2, 0) is 5.88 Å². The molecule has 0 aromatic heterocycles. The highest BCUT2D eigenvalue weighted by Gasteiger charge is 2.10.